The van der Waals surface area contributed by atoms with Gasteiger partial charge in [0, 0.05) is 26.2 Å². The van der Waals surface area contributed by atoms with Crippen molar-refractivity contribution in [2.75, 3.05) is 33.3 Å². The molecule has 98 valence electrons. The molecule has 1 aromatic rings. The number of aryl methyl sites for hydroxylation is 1. The third kappa shape index (κ3) is 2.44. The summed E-state index contributed by atoms with van der Waals surface area (Å²) < 4.78 is 5.24. The quantitative estimate of drug-likeness (QED) is 0.888. The van der Waals surface area contributed by atoms with E-state index in [1.807, 2.05) is 17.9 Å². The van der Waals surface area contributed by atoms with E-state index in [0.29, 0.717) is 29.4 Å². The molecule has 0 bridgehead atoms. The minimum Gasteiger partial charge on any atom is -0.495 e. The summed E-state index contributed by atoms with van der Waals surface area (Å²) >= 11 is 6.24. The Hall–Kier alpha value is -1.26. The third-order valence-corrected chi connectivity index (χ3v) is 3.51. The maximum atomic E-state index is 12.4. The summed E-state index contributed by atoms with van der Waals surface area (Å²) in [5, 5.41) is 3.62. The van der Waals surface area contributed by atoms with Gasteiger partial charge in [0.1, 0.15) is 5.75 Å². The molecule has 18 heavy (non-hydrogen) atoms. The van der Waals surface area contributed by atoms with Crippen molar-refractivity contribution in [2.24, 2.45) is 0 Å². The lowest BCUT2D eigenvalue weighted by Gasteiger charge is -2.28. The predicted molar refractivity (Wildman–Crippen MR) is 71.5 cm³/mol. The van der Waals surface area contributed by atoms with E-state index in [-0.39, 0.29) is 5.91 Å². The fourth-order valence-corrected chi connectivity index (χ4v) is 2.48. The zero-order valence-corrected chi connectivity index (χ0v) is 11.4. The number of carbonyl (C=O) groups excluding carboxylic acids is 1. The lowest BCUT2D eigenvalue weighted by Crippen LogP contribution is -2.46. The van der Waals surface area contributed by atoms with Crippen molar-refractivity contribution in [1.29, 1.82) is 0 Å². The summed E-state index contributed by atoms with van der Waals surface area (Å²) in [6.45, 7) is 4.99. The predicted octanol–water partition coefficient (Wildman–Crippen LogP) is 1.70. The number of ether oxygens (including phenoxy) is 1. The summed E-state index contributed by atoms with van der Waals surface area (Å²) in [5.41, 5.74) is 1.44. The first kappa shape index (κ1) is 13.2. The number of hydrogen-bond acceptors (Lipinski definition) is 3. The van der Waals surface area contributed by atoms with Crippen LogP contribution in [0.4, 0.5) is 0 Å². The molecule has 1 aromatic carbocycles. The molecule has 1 saturated heterocycles. The Balaban J connectivity index is 2.30. The van der Waals surface area contributed by atoms with Crippen LogP contribution in [-0.4, -0.2) is 44.1 Å². The average molecular weight is 269 g/mol. The van der Waals surface area contributed by atoms with Crippen molar-refractivity contribution in [3.8, 4) is 5.75 Å². The van der Waals surface area contributed by atoms with E-state index >= 15 is 0 Å². The fraction of sp³-hybridized carbons (Fsp3) is 0.462. The highest BCUT2D eigenvalue weighted by molar-refractivity contribution is 6.35. The van der Waals surface area contributed by atoms with Crippen molar-refractivity contribution >= 4 is 17.5 Å². The SMILES string of the molecule is COc1c(C)ccc(C(=O)N2CCNCC2)c1Cl. The second kappa shape index (κ2) is 5.59. The van der Waals surface area contributed by atoms with E-state index in [9.17, 15) is 4.79 Å². The molecule has 1 fully saturated rings. The summed E-state index contributed by atoms with van der Waals surface area (Å²) in [5.74, 6) is 0.553. The lowest BCUT2D eigenvalue weighted by molar-refractivity contribution is 0.0735. The molecule has 4 nitrogen and oxygen atoms in total. The van der Waals surface area contributed by atoms with E-state index in [4.69, 9.17) is 16.3 Å². The highest BCUT2D eigenvalue weighted by Gasteiger charge is 2.22. The number of benzene rings is 1. The van der Waals surface area contributed by atoms with Gasteiger partial charge >= 0.3 is 0 Å². The van der Waals surface area contributed by atoms with E-state index in [0.717, 1.165) is 18.7 Å². The molecule has 0 spiro atoms. The number of methoxy groups -OCH3 is 1. The Morgan fingerprint density at radius 2 is 2.06 bits per heavy atom. The zero-order chi connectivity index (χ0) is 13.1. The standard InChI is InChI=1S/C13H17ClN2O2/c1-9-3-4-10(11(14)12(9)18-2)13(17)16-7-5-15-6-8-16/h3-4,15H,5-8H2,1-2H3. The molecular weight excluding hydrogens is 252 g/mol. The molecule has 5 heteroatoms. The largest absolute Gasteiger partial charge is 0.495 e. The maximum Gasteiger partial charge on any atom is 0.255 e. The van der Waals surface area contributed by atoms with Crippen molar-refractivity contribution in [1.82, 2.24) is 10.2 Å². The van der Waals surface area contributed by atoms with Crippen LogP contribution < -0.4 is 10.1 Å². The van der Waals surface area contributed by atoms with Crippen LogP contribution >= 0.6 is 11.6 Å². The Kier molecular flexibility index (Phi) is 4.09. The van der Waals surface area contributed by atoms with E-state index in [1.165, 1.54) is 0 Å². The first-order chi connectivity index (χ1) is 8.65. The van der Waals surface area contributed by atoms with Crippen molar-refractivity contribution in [2.45, 2.75) is 6.92 Å². The first-order valence-electron chi connectivity index (χ1n) is 5.98. The van der Waals surface area contributed by atoms with Crippen LogP contribution in [0.2, 0.25) is 5.02 Å². The van der Waals surface area contributed by atoms with Crippen LogP contribution in [0.25, 0.3) is 0 Å². The number of nitrogens with one attached hydrogen (secondary N) is 1. The van der Waals surface area contributed by atoms with Gasteiger partial charge in [-0.3, -0.25) is 4.79 Å². The van der Waals surface area contributed by atoms with Gasteiger partial charge in [0.15, 0.2) is 0 Å². The van der Waals surface area contributed by atoms with Crippen molar-refractivity contribution in [3.05, 3.63) is 28.3 Å². The Morgan fingerprint density at radius 1 is 1.39 bits per heavy atom. The summed E-state index contributed by atoms with van der Waals surface area (Å²) in [6, 6.07) is 3.63. The van der Waals surface area contributed by atoms with Crippen LogP contribution in [0.3, 0.4) is 0 Å². The smallest absolute Gasteiger partial charge is 0.255 e. The number of piperazine rings is 1. The Labute approximate surface area is 112 Å². The highest BCUT2D eigenvalue weighted by Crippen LogP contribution is 2.32. The van der Waals surface area contributed by atoms with Gasteiger partial charge in [-0.15, -0.1) is 0 Å². The molecule has 1 heterocycles. The molecule has 0 aliphatic carbocycles. The van der Waals surface area contributed by atoms with Crippen molar-refractivity contribution in [3.63, 3.8) is 0 Å². The minimum atomic E-state index is -0.0280. The summed E-state index contributed by atoms with van der Waals surface area (Å²) in [7, 11) is 1.56. The fourth-order valence-electron chi connectivity index (χ4n) is 2.11. The first-order valence-corrected chi connectivity index (χ1v) is 6.36. The van der Waals surface area contributed by atoms with Crippen molar-refractivity contribution < 1.29 is 9.53 Å². The number of rotatable bonds is 2. The van der Waals surface area contributed by atoms with E-state index in [2.05, 4.69) is 5.32 Å². The number of carbonyl (C=O) groups is 1. The molecule has 0 atom stereocenters. The monoisotopic (exact) mass is 268 g/mol. The van der Waals surface area contributed by atoms with Crippen LogP contribution in [0, 0.1) is 6.92 Å². The minimum absolute atomic E-state index is 0.0280. The maximum absolute atomic E-state index is 12.4. The molecule has 0 aromatic heterocycles. The van der Waals surface area contributed by atoms with Crippen LogP contribution in [0.15, 0.2) is 12.1 Å². The topological polar surface area (TPSA) is 41.6 Å². The van der Waals surface area contributed by atoms with Gasteiger partial charge in [-0.2, -0.15) is 0 Å². The van der Waals surface area contributed by atoms with Gasteiger partial charge in [-0.25, -0.2) is 0 Å². The zero-order valence-electron chi connectivity index (χ0n) is 10.6. The highest BCUT2D eigenvalue weighted by atomic mass is 35.5. The molecule has 0 saturated carbocycles. The van der Waals surface area contributed by atoms with E-state index in [1.54, 1.807) is 13.2 Å². The Morgan fingerprint density at radius 3 is 2.67 bits per heavy atom. The van der Waals surface area contributed by atoms with Crippen LogP contribution in [0.5, 0.6) is 5.75 Å². The van der Waals surface area contributed by atoms with Gasteiger partial charge in [0.25, 0.3) is 5.91 Å². The van der Waals surface area contributed by atoms with E-state index < -0.39 is 0 Å². The Bertz CT molecular complexity index is 457. The number of nitrogens with zero attached hydrogens (tertiary/aromatic N) is 1. The second-order valence-electron chi connectivity index (χ2n) is 4.32. The molecule has 1 aliphatic rings. The molecule has 0 radical (unpaired) electrons. The number of halogens is 1. The normalized spacial score (nSPS) is 15.6. The molecular formula is C13H17ClN2O2. The second-order valence-corrected chi connectivity index (χ2v) is 4.70. The molecule has 1 N–H and O–H groups in total. The van der Waals surface area contributed by atoms with Gasteiger partial charge in [0.2, 0.25) is 0 Å². The van der Waals surface area contributed by atoms with Gasteiger partial charge in [0.05, 0.1) is 17.7 Å². The van der Waals surface area contributed by atoms with Gasteiger partial charge in [-0.1, -0.05) is 17.7 Å². The third-order valence-electron chi connectivity index (χ3n) is 3.13. The average Bonchev–Trinajstić information content (AvgIpc) is 2.40. The molecule has 1 aliphatic heterocycles. The molecule has 2 rings (SSSR count). The number of amides is 1. The van der Waals surface area contributed by atoms with Gasteiger partial charge < -0.3 is 15.0 Å². The summed E-state index contributed by atoms with van der Waals surface area (Å²) in [6.07, 6.45) is 0. The lowest BCUT2D eigenvalue weighted by atomic mass is 10.1. The molecule has 0 unspecified atom stereocenters. The summed E-state index contributed by atoms with van der Waals surface area (Å²) in [4.78, 5) is 14.2. The number of hydrogen-bond donors (Lipinski definition) is 1. The van der Waals surface area contributed by atoms with Gasteiger partial charge in [-0.05, 0) is 18.6 Å². The van der Waals surface area contributed by atoms with Crippen LogP contribution in [0.1, 0.15) is 15.9 Å². The van der Waals surface area contributed by atoms with Crippen LogP contribution in [-0.2, 0) is 0 Å². The molecule has 1 amide bonds.